The van der Waals surface area contributed by atoms with Gasteiger partial charge in [0, 0.05) is 5.69 Å². The molecule has 0 aromatic heterocycles. The molecule has 1 rings (SSSR count). The number of hydrogen-bond donors (Lipinski definition) is 1. The third-order valence-electron chi connectivity index (χ3n) is 2.90. The second kappa shape index (κ2) is 5.89. The highest BCUT2D eigenvalue weighted by atomic mass is 16.5. The number of nitrogens with two attached hydrogens (primary N) is 1. The zero-order valence-electron chi connectivity index (χ0n) is 11.7. The number of rotatable bonds is 4. The van der Waals surface area contributed by atoms with Crippen molar-refractivity contribution in [3.05, 3.63) is 29.3 Å². The third-order valence-corrected chi connectivity index (χ3v) is 2.90. The van der Waals surface area contributed by atoms with Crippen molar-refractivity contribution in [3.63, 3.8) is 0 Å². The molecule has 0 spiro atoms. The number of carbonyl (C=O) groups excluding carboxylic acids is 1. The van der Waals surface area contributed by atoms with Gasteiger partial charge < -0.3 is 10.5 Å². The molecule has 0 saturated heterocycles. The van der Waals surface area contributed by atoms with Crippen molar-refractivity contribution < 1.29 is 9.53 Å². The van der Waals surface area contributed by atoms with Crippen molar-refractivity contribution in [2.45, 2.75) is 40.5 Å². The maximum absolute atomic E-state index is 11.9. The van der Waals surface area contributed by atoms with Crippen LogP contribution in [0.4, 0.5) is 5.69 Å². The molecule has 3 heteroatoms. The Balaban J connectivity index is 2.49. The van der Waals surface area contributed by atoms with E-state index >= 15 is 0 Å². The predicted molar refractivity (Wildman–Crippen MR) is 74.6 cm³/mol. The van der Waals surface area contributed by atoms with Gasteiger partial charge in [-0.3, -0.25) is 0 Å². The van der Waals surface area contributed by atoms with Crippen LogP contribution < -0.4 is 5.73 Å². The van der Waals surface area contributed by atoms with Gasteiger partial charge in [0.25, 0.3) is 0 Å². The van der Waals surface area contributed by atoms with E-state index in [-0.39, 0.29) is 11.4 Å². The van der Waals surface area contributed by atoms with Crippen LogP contribution >= 0.6 is 0 Å². The molecular weight excluding hydrogens is 226 g/mol. The van der Waals surface area contributed by atoms with Crippen molar-refractivity contribution in [3.8, 4) is 0 Å². The molecule has 0 aliphatic carbocycles. The number of carbonyl (C=O) groups is 1. The zero-order chi connectivity index (χ0) is 13.8. The van der Waals surface area contributed by atoms with E-state index in [1.54, 1.807) is 18.2 Å². The summed E-state index contributed by atoms with van der Waals surface area (Å²) in [7, 11) is 0. The number of esters is 1. The minimum Gasteiger partial charge on any atom is -0.462 e. The highest BCUT2D eigenvalue weighted by molar-refractivity contribution is 5.92. The molecule has 0 saturated carbocycles. The number of anilines is 1. The molecule has 2 N–H and O–H groups in total. The van der Waals surface area contributed by atoms with E-state index in [0.717, 1.165) is 18.4 Å². The van der Waals surface area contributed by atoms with Crippen LogP contribution in [0.5, 0.6) is 0 Å². The van der Waals surface area contributed by atoms with Crippen LogP contribution in [0, 0.1) is 12.3 Å². The monoisotopic (exact) mass is 249 g/mol. The first kappa shape index (κ1) is 14.6. The fraction of sp³-hybridized carbons (Fsp3) is 0.533. The summed E-state index contributed by atoms with van der Waals surface area (Å²) in [6.07, 6.45) is 1.92. The Bertz CT molecular complexity index is 419. The van der Waals surface area contributed by atoms with Crippen LogP contribution in [0.25, 0.3) is 0 Å². The topological polar surface area (TPSA) is 52.3 Å². The Morgan fingerprint density at radius 1 is 1.33 bits per heavy atom. The summed E-state index contributed by atoms with van der Waals surface area (Å²) in [6, 6.07) is 5.30. The molecule has 0 fully saturated rings. The Morgan fingerprint density at radius 3 is 2.61 bits per heavy atom. The lowest BCUT2D eigenvalue weighted by atomic mass is 9.91. The van der Waals surface area contributed by atoms with Gasteiger partial charge in [-0.2, -0.15) is 0 Å². The Morgan fingerprint density at radius 2 is 2.00 bits per heavy atom. The molecule has 3 nitrogen and oxygen atoms in total. The Kier molecular flexibility index (Phi) is 4.76. The maximum Gasteiger partial charge on any atom is 0.338 e. The Hall–Kier alpha value is -1.51. The molecule has 100 valence electrons. The van der Waals surface area contributed by atoms with Crippen molar-refractivity contribution in [2.24, 2.45) is 5.41 Å². The molecule has 0 heterocycles. The molecule has 0 aliphatic heterocycles. The highest BCUT2D eigenvalue weighted by Gasteiger charge is 2.13. The van der Waals surface area contributed by atoms with Gasteiger partial charge in [-0.05, 0) is 42.9 Å². The normalized spacial score (nSPS) is 11.3. The van der Waals surface area contributed by atoms with Gasteiger partial charge in [-0.15, -0.1) is 0 Å². The average Bonchev–Trinajstić information content (AvgIpc) is 2.26. The molecule has 1 aromatic rings. The van der Waals surface area contributed by atoms with E-state index in [0.29, 0.717) is 17.9 Å². The summed E-state index contributed by atoms with van der Waals surface area (Å²) >= 11 is 0. The number of hydrogen-bond acceptors (Lipinski definition) is 3. The zero-order valence-corrected chi connectivity index (χ0v) is 11.7. The first-order chi connectivity index (χ1) is 8.31. The molecule has 0 radical (unpaired) electrons. The van der Waals surface area contributed by atoms with Gasteiger partial charge in [-0.25, -0.2) is 4.79 Å². The molecule has 0 aliphatic rings. The second-order valence-corrected chi connectivity index (χ2v) is 5.82. The summed E-state index contributed by atoms with van der Waals surface area (Å²) in [4.78, 5) is 11.9. The largest absolute Gasteiger partial charge is 0.462 e. The molecule has 18 heavy (non-hydrogen) atoms. The van der Waals surface area contributed by atoms with E-state index < -0.39 is 0 Å². The lowest BCUT2D eigenvalue weighted by Gasteiger charge is -2.17. The van der Waals surface area contributed by atoms with Crippen LogP contribution in [0.3, 0.4) is 0 Å². The van der Waals surface area contributed by atoms with Crippen LogP contribution in [0.1, 0.15) is 49.5 Å². The first-order valence-electron chi connectivity index (χ1n) is 6.33. The molecule has 1 aromatic carbocycles. The van der Waals surface area contributed by atoms with Crippen LogP contribution in [0.15, 0.2) is 18.2 Å². The van der Waals surface area contributed by atoms with Crippen molar-refractivity contribution in [1.82, 2.24) is 0 Å². The SMILES string of the molecule is Cc1c(N)cccc1C(=O)OCCCC(C)(C)C. The first-order valence-corrected chi connectivity index (χ1v) is 6.33. The summed E-state index contributed by atoms with van der Waals surface area (Å²) in [5.74, 6) is -0.284. The molecule has 0 unspecified atom stereocenters. The van der Waals surface area contributed by atoms with Gasteiger partial charge in [-0.1, -0.05) is 26.8 Å². The van der Waals surface area contributed by atoms with E-state index in [1.807, 2.05) is 6.92 Å². The minimum absolute atomic E-state index is 0.277. The summed E-state index contributed by atoms with van der Waals surface area (Å²) in [5, 5.41) is 0. The van der Waals surface area contributed by atoms with Gasteiger partial charge in [0.2, 0.25) is 0 Å². The van der Waals surface area contributed by atoms with Crippen molar-refractivity contribution >= 4 is 11.7 Å². The fourth-order valence-electron chi connectivity index (χ4n) is 1.72. The van der Waals surface area contributed by atoms with Gasteiger partial charge in [0.15, 0.2) is 0 Å². The van der Waals surface area contributed by atoms with E-state index in [1.165, 1.54) is 0 Å². The van der Waals surface area contributed by atoms with E-state index in [2.05, 4.69) is 20.8 Å². The summed E-state index contributed by atoms with van der Waals surface area (Å²) in [5.41, 5.74) is 8.02. The smallest absolute Gasteiger partial charge is 0.338 e. The lowest BCUT2D eigenvalue weighted by molar-refractivity contribution is 0.0487. The quantitative estimate of drug-likeness (QED) is 0.504. The summed E-state index contributed by atoms with van der Waals surface area (Å²) < 4.78 is 5.26. The third kappa shape index (κ3) is 4.40. The maximum atomic E-state index is 11.9. The van der Waals surface area contributed by atoms with E-state index in [9.17, 15) is 4.79 Å². The van der Waals surface area contributed by atoms with E-state index in [4.69, 9.17) is 10.5 Å². The van der Waals surface area contributed by atoms with Crippen LogP contribution in [0.2, 0.25) is 0 Å². The minimum atomic E-state index is -0.284. The summed E-state index contributed by atoms with van der Waals surface area (Å²) in [6.45, 7) is 8.83. The van der Waals surface area contributed by atoms with Crippen molar-refractivity contribution in [1.29, 1.82) is 0 Å². The standard InChI is InChI=1S/C15H23NO2/c1-11-12(7-5-8-13(11)16)14(17)18-10-6-9-15(2,3)4/h5,7-8H,6,9-10,16H2,1-4H3. The molecule has 0 atom stereocenters. The van der Waals surface area contributed by atoms with Crippen LogP contribution in [-0.2, 0) is 4.74 Å². The van der Waals surface area contributed by atoms with Gasteiger partial charge in [0.1, 0.15) is 0 Å². The highest BCUT2D eigenvalue weighted by Crippen LogP contribution is 2.21. The van der Waals surface area contributed by atoms with Crippen molar-refractivity contribution in [2.75, 3.05) is 12.3 Å². The van der Waals surface area contributed by atoms with Crippen LogP contribution in [-0.4, -0.2) is 12.6 Å². The second-order valence-electron chi connectivity index (χ2n) is 5.82. The molecule has 0 bridgehead atoms. The van der Waals surface area contributed by atoms with Gasteiger partial charge in [0.05, 0.1) is 12.2 Å². The number of benzene rings is 1. The van der Waals surface area contributed by atoms with Gasteiger partial charge >= 0.3 is 5.97 Å². The number of ether oxygens (including phenoxy) is 1. The lowest BCUT2D eigenvalue weighted by Crippen LogP contribution is -2.11. The fourth-order valence-corrected chi connectivity index (χ4v) is 1.72. The predicted octanol–water partition coefficient (Wildman–Crippen LogP) is 3.56. The average molecular weight is 249 g/mol. The Labute approximate surface area is 109 Å². The molecular formula is C15H23NO2. The number of nitrogen functional groups attached to an aromatic ring is 1. The molecule has 0 amide bonds.